The van der Waals surface area contributed by atoms with Gasteiger partial charge in [-0.15, -0.1) is 0 Å². The largest absolute Gasteiger partial charge is 0.332 e. The van der Waals surface area contributed by atoms with Crippen LogP contribution < -0.4 is 5.32 Å². The van der Waals surface area contributed by atoms with Crippen molar-refractivity contribution in [3.63, 3.8) is 0 Å². The zero-order valence-electron chi connectivity index (χ0n) is 11.3. The van der Waals surface area contributed by atoms with Gasteiger partial charge >= 0.3 is 0 Å². The molecule has 100 valence electrons. The average molecular weight is 248 g/mol. The van der Waals surface area contributed by atoms with E-state index in [0.29, 0.717) is 6.04 Å². The molecule has 4 nitrogen and oxygen atoms in total. The topological polar surface area (TPSA) is 33.1 Å². The molecular weight excluding hydrogens is 224 g/mol. The fraction of sp³-hybridized carbons (Fsp3) is 0.786. The lowest BCUT2D eigenvalue weighted by molar-refractivity contribution is 0.234. The van der Waals surface area contributed by atoms with E-state index in [1.165, 1.54) is 44.5 Å². The van der Waals surface area contributed by atoms with Gasteiger partial charge in [-0.2, -0.15) is 0 Å². The molecule has 0 radical (unpaired) electrons. The molecule has 2 fully saturated rings. The summed E-state index contributed by atoms with van der Waals surface area (Å²) in [6.07, 6.45) is 9.41. The molecule has 4 heteroatoms. The third-order valence-electron chi connectivity index (χ3n) is 4.17. The minimum absolute atomic E-state index is 0.626. The van der Waals surface area contributed by atoms with Gasteiger partial charge in [0.1, 0.15) is 0 Å². The minimum Gasteiger partial charge on any atom is -0.332 e. The molecule has 1 saturated carbocycles. The SMILES string of the molecule is CC(Cn1cncc1CNC1CC1)N1CCCC1. The minimum atomic E-state index is 0.626. The summed E-state index contributed by atoms with van der Waals surface area (Å²) in [4.78, 5) is 6.90. The van der Waals surface area contributed by atoms with Crippen molar-refractivity contribution in [3.05, 3.63) is 18.2 Å². The summed E-state index contributed by atoms with van der Waals surface area (Å²) in [5, 5.41) is 3.57. The van der Waals surface area contributed by atoms with Gasteiger partial charge in [-0.3, -0.25) is 4.90 Å². The zero-order chi connectivity index (χ0) is 12.4. The van der Waals surface area contributed by atoms with Crippen molar-refractivity contribution in [1.82, 2.24) is 19.8 Å². The highest BCUT2D eigenvalue weighted by atomic mass is 15.2. The molecule has 1 N–H and O–H groups in total. The Bertz CT molecular complexity index is 377. The summed E-state index contributed by atoms with van der Waals surface area (Å²) in [6, 6.07) is 1.39. The Morgan fingerprint density at radius 1 is 1.39 bits per heavy atom. The van der Waals surface area contributed by atoms with Gasteiger partial charge in [0.15, 0.2) is 0 Å². The summed E-state index contributed by atoms with van der Waals surface area (Å²) >= 11 is 0. The Morgan fingerprint density at radius 2 is 2.17 bits per heavy atom. The fourth-order valence-electron chi connectivity index (χ4n) is 2.78. The van der Waals surface area contributed by atoms with Crippen LogP contribution in [0, 0.1) is 0 Å². The maximum atomic E-state index is 4.30. The highest BCUT2D eigenvalue weighted by molar-refractivity contribution is 5.00. The highest BCUT2D eigenvalue weighted by Crippen LogP contribution is 2.19. The van der Waals surface area contributed by atoms with Crippen LogP contribution in [0.1, 0.15) is 38.3 Å². The van der Waals surface area contributed by atoms with Crippen LogP contribution >= 0.6 is 0 Å². The second-order valence-corrected chi connectivity index (χ2v) is 5.78. The number of rotatable bonds is 6. The van der Waals surface area contributed by atoms with E-state index < -0.39 is 0 Å². The second kappa shape index (κ2) is 5.41. The Hall–Kier alpha value is -0.870. The van der Waals surface area contributed by atoms with Gasteiger partial charge < -0.3 is 9.88 Å². The van der Waals surface area contributed by atoms with Gasteiger partial charge in [0.25, 0.3) is 0 Å². The fourth-order valence-corrected chi connectivity index (χ4v) is 2.78. The van der Waals surface area contributed by atoms with Gasteiger partial charge in [0.2, 0.25) is 0 Å². The summed E-state index contributed by atoms with van der Waals surface area (Å²) in [5.41, 5.74) is 1.33. The molecule has 1 unspecified atom stereocenters. The Labute approximate surface area is 109 Å². The first kappa shape index (κ1) is 12.2. The lowest BCUT2D eigenvalue weighted by atomic mass is 10.3. The van der Waals surface area contributed by atoms with Crippen LogP contribution in [-0.2, 0) is 13.1 Å². The number of aromatic nitrogens is 2. The summed E-state index contributed by atoms with van der Waals surface area (Å²) in [7, 11) is 0. The van der Waals surface area contributed by atoms with E-state index in [4.69, 9.17) is 0 Å². The Balaban J connectivity index is 1.55. The molecule has 0 bridgehead atoms. The number of imidazole rings is 1. The van der Waals surface area contributed by atoms with E-state index >= 15 is 0 Å². The maximum Gasteiger partial charge on any atom is 0.0949 e. The van der Waals surface area contributed by atoms with E-state index in [2.05, 4.69) is 26.7 Å². The second-order valence-electron chi connectivity index (χ2n) is 5.78. The smallest absolute Gasteiger partial charge is 0.0949 e. The quantitative estimate of drug-likeness (QED) is 0.830. The van der Waals surface area contributed by atoms with Crippen LogP contribution in [0.5, 0.6) is 0 Å². The standard InChI is InChI=1S/C14H24N4/c1-12(17-6-2-3-7-17)10-18-11-15-8-14(18)9-16-13-4-5-13/h8,11-13,16H,2-7,9-10H2,1H3. The molecule has 1 aromatic rings. The van der Waals surface area contributed by atoms with Crippen molar-refractivity contribution >= 4 is 0 Å². The van der Waals surface area contributed by atoms with E-state index in [0.717, 1.165) is 19.1 Å². The zero-order valence-corrected chi connectivity index (χ0v) is 11.3. The number of hydrogen-bond acceptors (Lipinski definition) is 3. The van der Waals surface area contributed by atoms with Crippen LogP contribution in [0.4, 0.5) is 0 Å². The molecular formula is C14H24N4. The average Bonchev–Trinajstić information content (AvgIpc) is 2.88. The monoisotopic (exact) mass is 248 g/mol. The molecule has 18 heavy (non-hydrogen) atoms. The highest BCUT2D eigenvalue weighted by Gasteiger charge is 2.21. The van der Waals surface area contributed by atoms with E-state index in [-0.39, 0.29) is 0 Å². The number of nitrogens with one attached hydrogen (secondary N) is 1. The van der Waals surface area contributed by atoms with E-state index in [1.807, 2.05) is 12.5 Å². The molecule has 0 amide bonds. The molecule has 1 aliphatic carbocycles. The third kappa shape index (κ3) is 2.93. The van der Waals surface area contributed by atoms with Crippen LogP contribution in [0.3, 0.4) is 0 Å². The molecule has 1 aliphatic heterocycles. The van der Waals surface area contributed by atoms with E-state index in [9.17, 15) is 0 Å². The van der Waals surface area contributed by atoms with Crippen LogP contribution in [0.25, 0.3) is 0 Å². The molecule has 0 aromatic carbocycles. The molecule has 1 aromatic heterocycles. The molecule has 3 rings (SSSR count). The van der Waals surface area contributed by atoms with Crippen molar-refractivity contribution in [2.75, 3.05) is 13.1 Å². The van der Waals surface area contributed by atoms with Gasteiger partial charge in [-0.1, -0.05) is 0 Å². The first-order valence-corrected chi connectivity index (χ1v) is 7.29. The van der Waals surface area contributed by atoms with Crippen molar-refractivity contribution < 1.29 is 0 Å². The molecule has 2 heterocycles. The number of nitrogens with zero attached hydrogens (tertiary/aromatic N) is 3. The number of likely N-dealkylation sites (tertiary alicyclic amines) is 1. The summed E-state index contributed by atoms with van der Waals surface area (Å²) in [5.74, 6) is 0. The van der Waals surface area contributed by atoms with Gasteiger partial charge in [0.05, 0.1) is 12.0 Å². The van der Waals surface area contributed by atoms with Crippen molar-refractivity contribution in [3.8, 4) is 0 Å². The Morgan fingerprint density at radius 3 is 2.89 bits per heavy atom. The third-order valence-corrected chi connectivity index (χ3v) is 4.17. The van der Waals surface area contributed by atoms with E-state index in [1.54, 1.807) is 0 Å². The summed E-state index contributed by atoms with van der Waals surface area (Å²) in [6.45, 7) is 6.92. The van der Waals surface area contributed by atoms with Crippen molar-refractivity contribution in [2.24, 2.45) is 0 Å². The van der Waals surface area contributed by atoms with Crippen molar-refractivity contribution in [1.29, 1.82) is 0 Å². The molecule has 1 saturated heterocycles. The van der Waals surface area contributed by atoms with Crippen LogP contribution in [0.15, 0.2) is 12.5 Å². The predicted octanol–water partition coefficient (Wildman–Crippen LogP) is 1.62. The lowest BCUT2D eigenvalue weighted by Gasteiger charge is -2.24. The first-order chi connectivity index (χ1) is 8.83. The first-order valence-electron chi connectivity index (χ1n) is 7.29. The van der Waals surface area contributed by atoms with Crippen LogP contribution in [-0.4, -0.2) is 39.6 Å². The Kier molecular flexibility index (Phi) is 3.66. The predicted molar refractivity (Wildman–Crippen MR) is 72.4 cm³/mol. The lowest BCUT2D eigenvalue weighted by Crippen LogP contribution is -2.34. The molecule has 1 atom stereocenters. The van der Waals surface area contributed by atoms with Gasteiger partial charge in [0, 0.05) is 31.4 Å². The molecule has 0 spiro atoms. The van der Waals surface area contributed by atoms with Crippen molar-refractivity contribution in [2.45, 2.75) is 57.8 Å². The normalized spacial score (nSPS) is 22.5. The number of hydrogen-bond donors (Lipinski definition) is 1. The molecule has 2 aliphatic rings. The van der Waals surface area contributed by atoms with Gasteiger partial charge in [-0.05, 0) is 45.7 Å². The summed E-state index contributed by atoms with van der Waals surface area (Å²) < 4.78 is 2.32. The maximum absolute atomic E-state index is 4.30. The van der Waals surface area contributed by atoms with Crippen LogP contribution in [0.2, 0.25) is 0 Å². The van der Waals surface area contributed by atoms with Gasteiger partial charge in [-0.25, -0.2) is 4.98 Å².